The van der Waals surface area contributed by atoms with E-state index < -0.39 is 10.0 Å². The Labute approximate surface area is 179 Å². The molecule has 1 atom stereocenters. The molecule has 3 rings (SSSR count). The smallest absolute Gasteiger partial charge is 0.243 e. The van der Waals surface area contributed by atoms with Gasteiger partial charge in [-0.25, -0.2) is 8.42 Å². The van der Waals surface area contributed by atoms with Crippen molar-refractivity contribution in [2.75, 3.05) is 31.1 Å². The molecule has 0 bridgehead atoms. The number of nitrogens with zero attached hydrogens (tertiary/aromatic N) is 2. The van der Waals surface area contributed by atoms with E-state index in [1.165, 1.54) is 9.99 Å². The van der Waals surface area contributed by atoms with Crippen molar-refractivity contribution in [1.82, 2.24) is 9.62 Å². The maximum Gasteiger partial charge on any atom is 0.243 e. The minimum absolute atomic E-state index is 0.0872. The molecule has 1 N–H and O–H groups in total. The number of amides is 1. The highest BCUT2D eigenvalue weighted by molar-refractivity contribution is 7.89. The summed E-state index contributed by atoms with van der Waals surface area (Å²) in [6, 6.07) is 16.6. The van der Waals surface area contributed by atoms with Crippen LogP contribution in [-0.2, 0) is 21.4 Å². The van der Waals surface area contributed by atoms with Crippen LogP contribution < -0.4 is 10.2 Å². The third-order valence-electron chi connectivity index (χ3n) is 5.67. The number of nitrogens with one attached hydrogen (secondary N) is 1. The Morgan fingerprint density at radius 3 is 2.37 bits per heavy atom. The van der Waals surface area contributed by atoms with E-state index in [4.69, 9.17) is 0 Å². The molecule has 1 fully saturated rings. The number of benzene rings is 2. The molecule has 1 heterocycles. The third-order valence-corrected chi connectivity index (χ3v) is 7.55. The van der Waals surface area contributed by atoms with Crippen LogP contribution in [0.15, 0.2) is 59.5 Å². The van der Waals surface area contributed by atoms with Crippen molar-refractivity contribution in [3.63, 3.8) is 0 Å². The van der Waals surface area contributed by atoms with Crippen LogP contribution in [0, 0.1) is 5.92 Å². The number of anilines is 1. The molecule has 30 heavy (non-hydrogen) atoms. The normalized spacial score (nSPS) is 17.5. The summed E-state index contributed by atoms with van der Waals surface area (Å²) in [5.41, 5.74) is 2.20. The van der Waals surface area contributed by atoms with Gasteiger partial charge in [-0.3, -0.25) is 4.79 Å². The number of hydrogen-bond donors (Lipinski definition) is 1. The second kappa shape index (κ2) is 10.1. The van der Waals surface area contributed by atoms with E-state index in [1.807, 2.05) is 12.1 Å². The SMILES string of the molecule is CCN(CC)c1ccc(CNC(=O)[C@H]2CCCN(S(=O)(=O)c3ccccc3)C2)cc1. The summed E-state index contributed by atoms with van der Waals surface area (Å²) in [4.78, 5) is 15.3. The third kappa shape index (κ3) is 5.21. The Morgan fingerprint density at radius 2 is 1.73 bits per heavy atom. The van der Waals surface area contributed by atoms with Crippen molar-refractivity contribution < 1.29 is 13.2 Å². The molecule has 2 aromatic rings. The van der Waals surface area contributed by atoms with Crippen molar-refractivity contribution in [2.24, 2.45) is 5.92 Å². The number of rotatable bonds is 8. The summed E-state index contributed by atoms with van der Waals surface area (Å²) < 4.78 is 27.2. The summed E-state index contributed by atoms with van der Waals surface area (Å²) >= 11 is 0. The van der Waals surface area contributed by atoms with Gasteiger partial charge in [0.25, 0.3) is 0 Å². The Balaban J connectivity index is 1.58. The zero-order chi connectivity index (χ0) is 21.6. The lowest BCUT2D eigenvalue weighted by molar-refractivity contribution is -0.126. The largest absolute Gasteiger partial charge is 0.372 e. The second-order valence-electron chi connectivity index (χ2n) is 7.57. The molecule has 0 radical (unpaired) electrons. The molecule has 1 aliphatic rings. The highest BCUT2D eigenvalue weighted by Crippen LogP contribution is 2.24. The molecule has 0 saturated carbocycles. The minimum atomic E-state index is -3.56. The number of piperidine rings is 1. The van der Waals surface area contributed by atoms with Gasteiger partial charge in [-0.2, -0.15) is 4.31 Å². The van der Waals surface area contributed by atoms with Crippen LogP contribution in [-0.4, -0.2) is 44.8 Å². The zero-order valence-corrected chi connectivity index (χ0v) is 18.6. The fraction of sp³-hybridized carbons (Fsp3) is 0.435. The average Bonchev–Trinajstić information content (AvgIpc) is 2.80. The van der Waals surface area contributed by atoms with E-state index in [-0.39, 0.29) is 23.3 Å². The van der Waals surface area contributed by atoms with Crippen molar-refractivity contribution in [3.8, 4) is 0 Å². The van der Waals surface area contributed by atoms with E-state index in [1.54, 1.807) is 30.3 Å². The lowest BCUT2D eigenvalue weighted by atomic mass is 9.98. The molecule has 1 amide bonds. The highest BCUT2D eigenvalue weighted by atomic mass is 32.2. The first kappa shape index (κ1) is 22.3. The standard InChI is InChI=1S/C23H31N3O3S/c1-3-25(4-2)21-14-12-19(13-15-21)17-24-23(27)20-9-8-16-26(18-20)30(28,29)22-10-6-5-7-11-22/h5-7,10-15,20H,3-4,8-9,16-18H2,1-2H3,(H,24,27)/t20-/m0/s1. The van der Waals surface area contributed by atoms with E-state index in [0.717, 1.165) is 18.7 Å². The number of sulfonamides is 1. The molecule has 0 spiro atoms. The summed E-state index contributed by atoms with van der Waals surface area (Å²) in [5, 5.41) is 2.98. The van der Waals surface area contributed by atoms with Gasteiger partial charge in [-0.15, -0.1) is 0 Å². The molecule has 162 valence electrons. The highest BCUT2D eigenvalue weighted by Gasteiger charge is 2.33. The van der Waals surface area contributed by atoms with Crippen molar-refractivity contribution >= 4 is 21.6 Å². The number of hydrogen-bond acceptors (Lipinski definition) is 4. The van der Waals surface area contributed by atoms with Crippen molar-refractivity contribution in [2.45, 2.75) is 38.1 Å². The molecular weight excluding hydrogens is 398 g/mol. The van der Waals surface area contributed by atoms with Crippen LogP contribution >= 0.6 is 0 Å². The topological polar surface area (TPSA) is 69.7 Å². The second-order valence-corrected chi connectivity index (χ2v) is 9.51. The van der Waals surface area contributed by atoms with Crippen LogP contribution in [0.5, 0.6) is 0 Å². The number of carbonyl (C=O) groups is 1. The molecule has 2 aromatic carbocycles. The Bertz CT molecular complexity index is 926. The van der Waals surface area contributed by atoms with E-state index in [0.29, 0.717) is 25.9 Å². The Morgan fingerprint density at radius 1 is 1.07 bits per heavy atom. The zero-order valence-electron chi connectivity index (χ0n) is 17.8. The Hall–Kier alpha value is -2.38. The molecule has 7 heteroatoms. The summed E-state index contributed by atoms with van der Waals surface area (Å²) in [5.74, 6) is -0.414. The molecule has 6 nitrogen and oxygen atoms in total. The predicted molar refractivity (Wildman–Crippen MR) is 120 cm³/mol. The van der Waals surface area contributed by atoms with E-state index in [9.17, 15) is 13.2 Å². The van der Waals surface area contributed by atoms with Gasteiger partial charge < -0.3 is 10.2 Å². The molecule has 0 aromatic heterocycles. The van der Waals surface area contributed by atoms with Crippen LogP contribution in [0.25, 0.3) is 0 Å². The van der Waals surface area contributed by atoms with Crippen LogP contribution in [0.1, 0.15) is 32.3 Å². The lowest BCUT2D eigenvalue weighted by Gasteiger charge is -2.31. The van der Waals surface area contributed by atoms with Gasteiger partial charge in [0.1, 0.15) is 0 Å². The van der Waals surface area contributed by atoms with Crippen molar-refractivity contribution in [3.05, 3.63) is 60.2 Å². The molecular formula is C23H31N3O3S. The maximum atomic E-state index is 12.9. The molecule has 0 aliphatic carbocycles. The predicted octanol–water partition coefficient (Wildman–Crippen LogP) is 3.25. The van der Waals surface area contributed by atoms with Crippen LogP contribution in [0.3, 0.4) is 0 Å². The first-order valence-electron chi connectivity index (χ1n) is 10.6. The molecule has 0 unspecified atom stereocenters. The van der Waals surface area contributed by atoms with Gasteiger partial charge in [0, 0.05) is 38.4 Å². The maximum absolute atomic E-state index is 12.9. The first-order valence-corrected chi connectivity index (χ1v) is 12.1. The number of carbonyl (C=O) groups excluding carboxylic acids is 1. The lowest BCUT2D eigenvalue weighted by Crippen LogP contribution is -2.45. The van der Waals surface area contributed by atoms with Crippen LogP contribution in [0.4, 0.5) is 5.69 Å². The quantitative estimate of drug-likeness (QED) is 0.699. The van der Waals surface area contributed by atoms with E-state index in [2.05, 4.69) is 36.2 Å². The van der Waals surface area contributed by atoms with E-state index >= 15 is 0 Å². The minimum Gasteiger partial charge on any atom is -0.372 e. The van der Waals surface area contributed by atoms with Gasteiger partial charge in [0.05, 0.1) is 10.8 Å². The molecule has 1 aliphatic heterocycles. The fourth-order valence-electron chi connectivity index (χ4n) is 3.86. The average molecular weight is 430 g/mol. The monoisotopic (exact) mass is 429 g/mol. The van der Waals surface area contributed by atoms with Gasteiger partial charge in [-0.1, -0.05) is 30.3 Å². The first-order chi connectivity index (χ1) is 14.5. The van der Waals surface area contributed by atoms with Gasteiger partial charge >= 0.3 is 0 Å². The van der Waals surface area contributed by atoms with Gasteiger partial charge in [-0.05, 0) is 56.5 Å². The fourth-order valence-corrected chi connectivity index (χ4v) is 5.41. The van der Waals surface area contributed by atoms with Gasteiger partial charge in [0.15, 0.2) is 0 Å². The summed E-state index contributed by atoms with van der Waals surface area (Å²) in [6.07, 6.45) is 1.39. The molecule has 1 saturated heterocycles. The Kier molecular flexibility index (Phi) is 7.50. The van der Waals surface area contributed by atoms with Crippen molar-refractivity contribution in [1.29, 1.82) is 0 Å². The summed E-state index contributed by atoms with van der Waals surface area (Å²) in [7, 11) is -3.56. The van der Waals surface area contributed by atoms with Gasteiger partial charge in [0.2, 0.25) is 15.9 Å². The summed E-state index contributed by atoms with van der Waals surface area (Å²) in [6.45, 7) is 7.29. The van der Waals surface area contributed by atoms with Crippen LogP contribution in [0.2, 0.25) is 0 Å².